The zero-order valence-corrected chi connectivity index (χ0v) is 16.9. The molecule has 154 valence electrons. The lowest BCUT2D eigenvalue weighted by Gasteiger charge is -2.29. The van der Waals surface area contributed by atoms with E-state index in [1.807, 2.05) is 56.3 Å². The first kappa shape index (κ1) is 20.7. The summed E-state index contributed by atoms with van der Waals surface area (Å²) < 4.78 is 5.40. The van der Waals surface area contributed by atoms with Crippen molar-refractivity contribution < 1.29 is 14.3 Å². The van der Waals surface area contributed by atoms with Crippen molar-refractivity contribution in [1.82, 2.24) is 5.32 Å². The average molecular weight is 396 g/mol. The number of anilines is 3. The van der Waals surface area contributed by atoms with Crippen LogP contribution in [0.25, 0.3) is 0 Å². The van der Waals surface area contributed by atoms with Crippen molar-refractivity contribution >= 4 is 29.0 Å². The second-order valence-electron chi connectivity index (χ2n) is 7.33. The van der Waals surface area contributed by atoms with E-state index in [0.717, 1.165) is 18.8 Å². The standard InChI is InChI=1S/C22H28N4O3/c1-16(2)20(25-22(28)24-17-7-4-3-5-8-17)21(27)23-18-9-6-10-19(15-18)26-11-13-29-14-12-26/h3-10,15-16,20H,11-14H2,1-2H3,(H,23,27)(H2,24,25,28). The van der Waals surface area contributed by atoms with Crippen molar-refractivity contribution in [1.29, 1.82) is 0 Å². The van der Waals surface area contributed by atoms with Gasteiger partial charge in [-0.25, -0.2) is 4.79 Å². The Hall–Kier alpha value is -3.06. The molecule has 1 atom stereocenters. The van der Waals surface area contributed by atoms with Gasteiger partial charge >= 0.3 is 6.03 Å². The number of urea groups is 1. The molecule has 3 N–H and O–H groups in total. The molecule has 0 spiro atoms. The number of nitrogens with one attached hydrogen (secondary N) is 3. The van der Waals surface area contributed by atoms with E-state index < -0.39 is 12.1 Å². The molecule has 1 aliphatic heterocycles. The van der Waals surface area contributed by atoms with Crippen LogP contribution in [-0.2, 0) is 9.53 Å². The van der Waals surface area contributed by atoms with Crippen LogP contribution in [0.15, 0.2) is 54.6 Å². The average Bonchev–Trinajstić information content (AvgIpc) is 2.73. The van der Waals surface area contributed by atoms with Crippen LogP contribution in [0.5, 0.6) is 0 Å². The number of carbonyl (C=O) groups excluding carboxylic acids is 2. The molecule has 0 saturated carbocycles. The highest BCUT2D eigenvalue weighted by Crippen LogP contribution is 2.21. The fraction of sp³-hybridized carbons (Fsp3) is 0.364. The van der Waals surface area contributed by atoms with Gasteiger partial charge in [-0.2, -0.15) is 0 Å². The lowest BCUT2D eigenvalue weighted by molar-refractivity contribution is -0.118. The van der Waals surface area contributed by atoms with Crippen LogP contribution in [0, 0.1) is 5.92 Å². The van der Waals surface area contributed by atoms with Crippen LogP contribution in [0.2, 0.25) is 0 Å². The van der Waals surface area contributed by atoms with Gasteiger partial charge in [0.2, 0.25) is 5.91 Å². The summed E-state index contributed by atoms with van der Waals surface area (Å²) in [6.45, 7) is 6.85. The number of carbonyl (C=O) groups is 2. The van der Waals surface area contributed by atoms with Crippen molar-refractivity contribution in [3.63, 3.8) is 0 Å². The minimum atomic E-state index is -0.661. The maximum absolute atomic E-state index is 12.8. The molecule has 3 amide bonds. The van der Waals surface area contributed by atoms with Gasteiger partial charge in [0.1, 0.15) is 6.04 Å². The predicted octanol–water partition coefficient (Wildman–Crippen LogP) is 3.31. The van der Waals surface area contributed by atoms with Crippen molar-refractivity contribution in [2.45, 2.75) is 19.9 Å². The number of nitrogens with zero attached hydrogens (tertiary/aromatic N) is 1. The summed E-state index contributed by atoms with van der Waals surface area (Å²) in [6.07, 6.45) is 0. The van der Waals surface area contributed by atoms with Gasteiger partial charge in [0, 0.05) is 30.2 Å². The highest BCUT2D eigenvalue weighted by Gasteiger charge is 2.24. The normalized spacial score (nSPS) is 14.9. The summed E-state index contributed by atoms with van der Waals surface area (Å²) >= 11 is 0. The summed E-state index contributed by atoms with van der Waals surface area (Å²) in [5.41, 5.74) is 2.42. The molecule has 1 saturated heterocycles. The topological polar surface area (TPSA) is 82.7 Å². The van der Waals surface area contributed by atoms with E-state index in [1.54, 1.807) is 12.1 Å². The van der Waals surface area contributed by atoms with Crippen molar-refractivity contribution in [3.05, 3.63) is 54.6 Å². The van der Waals surface area contributed by atoms with Gasteiger partial charge < -0.3 is 25.6 Å². The largest absolute Gasteiger partial charge is 0.378 e. The Labute approximate surface area is 171 Å². The molecule has 1 fully saturated rings. The first-order chi connectivity index (χ1) is 14.0. The van der Waals surface area contributed by atoms with E-state index in [1.165, 1.54) is 0 Å². The summed E-state index contributed by atoms with van der Waals surface area (Å²) in [5.74, 6) is -0.318. The molecule has 0 aromatic heterocycles. The summed E-state index contributed by atoms with van der Waals surface area (Å²) in [4.78, 5) is 27.4. The molecule has 0 aliphatic carbocycles. The summed E-state index contributed by atoms with van der Waals surface area (Å²) in [6, 6.07) is 15.8. The predicted molar refractivity (Wildman–Crippen MR) is 115 cm³/mol. The van der Waals surface area contributed by atoms with Gasteiger partial charge in [-0.05, 0) is 36.2 Å². The highest BCUT2D eigenvalue weighted by atomic mass is 16.5. The number of rotatable bonds is 6. The summed E-state index contributed by atoms with van der Waals surface area (Å²) in [7, 11) is 0. The molecule has 1 heterocycles. The van der Waals surface area contributed by atoms with Crippen molar-refractivity contribution in [3.8, 4) is 0 Å². The SMILES string of the molecule is CC(C)C(NC(=O)Nc1ccccc1)C(=O)Nc1cccc(N2CCOCC2)c1. The van der Waals surface area contributed by atoms with Crippen LogP contribution >= 0.6 is 0 Å². The van der Waals surface area contributed by atoms with Gasteiger partial charge in [-0.3, -0.25) is 4.79 Å². The number of hydrogen-bond donors (Lipinski definition) is 3. The van der Waals surface area contributed by atoms with Crippen molar-refractivity contribution in [2.24, 2.45) is 5.92 Å². The Balaban J connectivity index is 1.62. The van der Waals surface area contributed by atoms with Gasteiger partial charge in [0.05, 0.1) is 13.2 Å². The van der Waals surface area contributed by atoms with Crippen LogP contribution < -0.4 is 20.9 Å². The number of ether oxygens (including phenoxy) is 1. The molecule has 7 nitrogen and oxygen atoms in total. The second kappa shape index (κ2) is 9.93. The molecule has 29 heavy (non-hydrogen) atoms. The van der Waals surface area contributed by atoms with E-state index in [2.05, 4.69) is 20.9 Å². The number of benzene rings is 2. The van der Waals surface area contributed by atoms with E-state index >= 15 is 0 Å². The van der Waals surface area contributed by atoms with Gasteiger partial charge in [0.25, 0.3) is 0 Å². The Morgan fingerprint density at radius 3 is 2.31 bits per heavy atom. The molecular weight excluding hydrogens is 368 g/mol. The molecule has 7 heteroatoms. The lowest BCUT2D eigenvalue weighted by atomic mass is 10.0. The zero-order valence-electron chi connectivity index (χ0n) is 16.9. The third-order valence-corrected chi connectivity index (χ3v) is 4.76. The smallest absolute Gasteiger partial charge is 0.319 e. The molecule has 0 bridgehead atoms. The molecule has 2 aromatic carbocycles. The Kier molecular flexibility index (Phi) is 7.08. The molecule has 3 rings (SSSR count). The quantitative estimate of drug-likeness (QED) is 0.700. The van der Waals surface area contributed by atoms with Gasteiger partial charge in [-0.15, -0.1) is 0 Å². The molecule has 1 aliphatic rings. The Morgan fingerprint density at radius 2 is 1.62 bits per heavy atom. The first-order valence-electron chi connectivity index (χ1n) is 9.89. The fourth-order valence-corrected chi connectivity index (χ4v) is 3.19. The lowest BCUT2D eigenvalue weighted by Crippen LogP contribution is -2.48. The van der Waals surface area contributed by atoms with E-state index in [0.29, 0.717) is 24.6 Å². The summed E-state index contributed by atoms with van der Waals surface area (Å²) in [5, 5.41) is 8.46. The van der Waals surface area contributed by atoms with Crippen LogP contribution in [0.1, 0.15) is 13.8 Å². The molecule has 0 radical (unpaired) electrons. The molecular formula is C22H28N4O3. The van der Waals surface area contributed by atoms with Gasteiger partial charge in [-0.1, -0.05) is 38.1 Å². The third-order valence-electron chi connectivity index (χ3n) is 4.76. The number of hydrogen-bond acceptors (Lipinski definition) is 4. The fourth-order valence-electron chi connectivity index (χ4n) is 3.19. The minimum absolute atomic E-state index is 0.0704. The minimum Gasteiger partial charge on any atom is -0.378 e. The van der Waals surface area contributed by atoms with Gasteiger partial charge in [0.15, 0.2) is 0 Å². The highest BCUT2D eigenvalue weighted by molar-refractivity contribution is 5.99. The number of para-hydroxylation sites is 1. The van der Waals surface area contributed by atoms with E-state index in [-0.39, 0.29) is 11.8 Å². The number of morpholine rings is 1. The second-order valence-corrected chi connectivity index (χ2v) is 7.33. The maximum Gasteiger partial charge on any atom is 0.319 e. The van der Waals surface area contributed by atoms with Crippen LogP contribution in [0.4, 0.5) is 21.9 Å². The van der Waals surface area contributed by atoms with Crippen LogP contribution in [-0.4, -0.2) is 44.3 Å². The molecule has 2 aromatic rings. The Bertz CT molecular complexity index is 820. The van der Waals surface area contributed by atoms with Crippen LogP contribution in [0.3, 0.4) is 0 Å². The van der Waals surface area contributed by atoms with E-state index in [9.17, 15) is 9.59 Å². The molecule has 1 unspecified atom stereocenters. The zero-order chi connectivity index (χ0) is 20.6. The maximum atomic E-state index is 12.8. The third kappa shape index (κ3) is 5.96. The van der Waals surface area contributed by atoms with E-state index in [4.69, 9.17) is 4.74 Å². The first-order valence-corrected chi connectivity index (χ1v) is 9.89. The monoisotopic (exact) mass is 396 g/mol. The van der Waals surface area contributed by atoms with Crippen molar-refractivity contribution in [2.75, 3.05) is 41.8 Å². The number of amides is 3. The Morgan fingerprint density at radius 1 is 0.931 bits per heavy atom.